The minimum Gasteiger partial charge on any atom is -0.331 e. The van der Waals surface area contributed by atoms with Crippen LogP contribution in [0.3, 0.4) is 0 Å². The molecular weight excluding hydrogens is 280 g/mol. The lowest BCUT2D eigenvalue weighted by Gasteiger charge is -2.10. The Hall–Kier alpha value is -1.41. The van der Waals surface area contributed by atoms with E-state index in [1.165, 1.54) is 6.92 Å². The van der Waals surface area contributed by atoms with E-state index < -0.39 is 5.76 Å². The summed E-state index contributed by atoms with van der Waals surface area (Å²) in [4.78, 5) is 11.1. The van der Waals surface area contributed by atoms with Crippen molar-refractivity contribution < 1.29 is 13.6 Å². The number of amides is 1. The standard InChI is InChI=1S/C10H11F2N3OS2/c1-6(16)14-15-10(17)13-7-2-4-8(5-3-7)18-9(11)12/h2-5,9H,1H3,(H,14,16)(H2,13,15,17). The van der Waals surface area contributed by atoms with E-state index in [2.05, 4.69) is 16.2 Å². The highest BCUT2D eigenvalue weighted by Crippen LogP contribution is 2.25. The first-order chi connectivity index (χ1) is 8.47. The third-order valence-corrected chi connectivity index (χ3v) is 2.62. The van der Waals surface area contributed by atoms with Crippen LogP contribution < -0.4 is 16.2 Å². The van der Waals surface area contributed by atoms with Gasteiger partial charge in [-0.05, 0) is 36.5 Å². The minimum atomic E-state index is -2.44. The monoisotopic (exact) mass is 291 g/mol. The molecule has 0 heterocycles. The number of carbonyl (C=O) groups is 1. The summed E-state index contributed by atoms with van der Waals surface area (Å²) in [6.45, 7) is 1.34. The van der Waals surface area contributed by atoms with Gasteiger partial charge in [0.2, 0.25) is 5.91 Å². The lowest BCUT2D eigenvalue weighted by molar-refractivity contribution is -0.119. The second-order valence-corrected chi connectivity index (χ2v) is 4.63. The number of nitrogens with one attached hydrogen (secondary N) is 3. The zero-order valence-electron chi connectivity index (χ0n) is 9.37. The summed E-state index contributed by atoms with van der Waals surface area (Å²) in [5.41, 5.74) is 5.42. The molecule has 0 bridgehead atoms. The number of thioether (sulfide) groups is 1. The molecule has 1 aromatic rings. The van der Waals surface area contributed by atoms with Crippen molar-refractivity contribution in [2.24, 2.45) is 0 Å². The Bertz CT molecular complexity index is 426. The fourth-order valence-electron chi connectivity index (χ4n) is 1.03. The number of halogens is 2. The molecule has 0 saturated heterocycles. The van der Waals surface area contributed by atoms with E-state index in [1.807, 2.05) is 0 Å². The van der Waals surface area contributed by atoms with Gasteiger partial charge in [-0.15, -0.1) is 0 Å². The lowest BCUT2D eigenvalue weighted by atomic mass is 10.3. The lowest BCUT2D eigenvalue weighted by Crippen LogP contribution is -2.42. The van der Waals surface area contributed by atoms with Crippen LogP contribution in [0.4, 0.5) is 14.5 Å². The quantitative estimate of drug-likeness (QED) is 0.453. The predicted molar refractivity (Wildman–Crippen MR) is 71.5 cm³/mol. The Morgan fingerprint density at radius 1 is 1.28 bits per heavy atom. The Balaban J connectivity index is 2.48. The van der Waals surface area contributed by atoms with Crippen molar-refractivity contribution in [1.82, 2.24) is 10.9 Å². The summed E-state index contributed by atoms with van der Waals surface area (Å²) >= 11 is 5.37. The van der Waals surface area contributed by atoms with Crippen LogP contribution in [0.5, 0.6) is 0 Å². The van der Waals surface area contributed by atoms with Crippen molar-refractivity contribution in [3.05, 3.63) is 24.3 Å². The zero-order valence-corrected chi connectivity index (χ0v) is 11.0. The average molecular weight is 291 g/mol. The molecule has 0 atom stereocenters. The summed E-state index contributed by atoms with van der Waals surface area (Å²) in [6.07, 6.45) is 0. The number of alkyl halides is 2. The molecule has 0 fully saturated rings. The predicted octanol–water partition coefficient (Wildman–Crippen LogP) is 2.34. The van der Waals surface area contributed by atoms with Crippen molar-refractivity contribution in [1.29, 1.82) is 0 Å². The van der Waals surface area contributed by atoms with Crippen LogP contribution in [0, 0.1) is 0 Å². The van der Waals surface area contributed by atoms with Gasteiger partial charge in [-0.2, -0.15) is 8.78 Å². The molecule has 1 amide bonds. The maximum Gasteiger partial charge on any atom is 0.288 e. The largest absolute Gasteiger partial charge is 0.331 e. The molecule has 0 saturated carbocycles. The number of rotatable bonds is 3. The van der Waals surface area contributed by atoms with Gasteiger partial charge in [0.1, 0.15) is 0 Å². The van der Waals surface area contributed by atoms with Gasteiger partial charge >= 0.3 is 0 Å². The maximum atomic E-state index is 12.1. The van der Waals surface area contributed by atoms with Gasteiger partial charge in [-0.25, -0.2) is 0 Å². The summed E-state index contributed by atoms with van der Waals surface area (Å²) < 4.78 is 24.2. The highest BCUT2D eigenvalue weighted by Gasteiger charge is 2.05. The van der Waals surface area contributed by atoms with Crippen LogP contribution in [0.15, 0.2) is 29.2 Å². The number of hydrogen-bond donors (Lipinski definition) is 3. The van der Waals surface area contributed by atoms with Gasteiger partial charge in [0.15, 0.2) is 5.11 Å². The van der Waals surface area contributed by atoms with Crippen molar-refractivity contribution in [2.45, 2.75) is 17.6 Å². The summed E-state index contributed by atoms with van der Waals surface area (Å²) in [7, 11) is 0. The number of hydrogen-bond acceptors (Lipinski definition) is 3. The zero-order chi connectivity index (χ0) is 13.5. The van der Waals surface area contributed by atoms with Crippen LogP contribution in [-0.2, 0) is 4.79 Å². The van der Waals surface area contributed by atoms with Crippen molar-refractivity contribution in [2.75, 3.05) is 5.32 Å². The molecule has 0 aliphatic heterocycles. The van der Waals surface area contributed by atoms with Gasteiger partial charge < -0.3 is 5.32 Å². The normalized spacial score (nSPS) is 10.0. The molecule has 0 aliphatic rings. The fraction of sp³-hybridized carbons (Fsp3) is 0.200. The van der Waals surface area contributed by atoms with Crippen LogP contribution in [0.1, 0.15) is 6.92 Å². The van der Waals surface area contributed by atoms with E-state index in [-0.39, 0.29) is 11.0 Å². The molecular formula is C10H11F2N3OS2. The first-order valence-electron chi connectivity index (χ1n) is 4.86. The Labute approximate surface area is 112 Å². The fourth-order valence-corrected chi connectivity index (χ4v) is 1.69. The molecule has 0 radical (unpaired) electrons. The Morgan fingerprint density at radius 2 is 1.89 bits per heavy atom. The molecule has 0 spiro atoms. The van der Waals surface area contributed by atoms with Crippen LogP contribution >= 0.6 is 24.0 Å². The van der Waals surface area contributed by atoms with Crippen LogP contribution in [0.25, 0.3) is 0 Å². The molecule has 1 rings (SSSR count). The first kappa shape index (κ1) is 14.7. The van der Waals surface area contributed by atoms with Crippen LogP contribution in [-0.4, -0.2) is 16.8 Å². The Kier molecular flexibility index (Phi) is 5.79. The molecule has 0 aliphatic carbocycles. The molecule has 4 nitrogen and oxygen atoms in total. The number of hydrazine groups is 1. The van der Waals surface area contributed by atoms with E-state index in [0.717, 1.165) is 0 Å². The third kappa shape index (κ3) is 5.78. The molecule has 8 heteroatoms. The van der Waals surface area contributed by atoms with Crippen molar-refractivity contribution in [3.8, 4) is 0 Å². The SMILES string of the molecule is CC(=O)NNC(=S)Nc1ccc(SC(F)F)cc1. The van der Waals surface area contributed by atoms with E-state index in [1.54, 1.807) is 24.3 Å². The van der Waals surface area contributed by atoms with Gasteiger partial charge in [0.05, 0.1) is 0 Å². The van der Waals surface area contributed by atoms with Crippen molar-refractivity contribution in [3.63, 3.8) is 0 Å². The van der Waals surface area contributed by atoms with Gasteiger partial charge in [0, 0.05) is 17.5 Å². The number of benzene rings is 1. The van der Waals surface area contributed by atoms with E-state index >= 15 is 0 Å². The molecule has 98 valence electrons. The molecule has 18 heavy (non-hydrogen) atoms. The average Bonchev–Trinajstić information content (AvgIpc) is 2.28. The highest BCUT2D eigenvalue weighted by molar-refractivity contribution is 7.99. The van der Waals surface area contributed by atoms with Gasteiger partial charge in [-0.1, -0.05) is 11.8 Å². The van der Waals surface area contributed by atoms with E-state index in [9.17, 15) is 13.6 Å². The second-order valence-electron chi connectivity index (χ2n) is 3.16. The summed E-state index contributed by atoms with van der Waals surface area (Å²) in [6, 6.07) is 6.35. The third-order valence-electron chi connectivity index (χ3n) is 1.69. The summed E-state index contributed by atoms with van der Waals surface area (Å²) in [5, 5.41) is 2.99. The van der Waals surface area contributed by atoms with E-state index in [4.69, 9.17) is 12.2 Å². The number of anilines is 1. The molecule has 3 N–H and O–H groups in total. The second kappa shape index (κ2) is 7.12. The minimum absolute atomic E-state index is 0.208. The van der Waals surface area contributed by atoms with Crippen molar-refractivity contribution >= 4 is 40.7 Å². The summed E-state index contributed by atoms with van der Waals surface area (Å²) in [5.74, 6) is -2.71. The molecule has 1 aromatic carbocycles. The van der Waals surface area contributed by atoms with Gasteiger partial charge in [-0.3, -0.25) is 15.6 Å². The molecule has 0 aromatic heterocycles. The number of thiocarbonyl (C=S) groups is 1. The smallest absolute Gasteiger partial charge is 0.288 e. The van der Waals surface area contributed by atoms with E-state index in [0.29, 0.717) is 22.3 Å². The first-order valence-corrected chi connectivity index (χ1v) is 6.14. The van der Waals surface area contributed by atoms with Crippen LogP contribution in [0.2, 0.25) is 0 Å². The van der Waals surface area contributed by atoms with Gasteiger partial charge in [0.25, 0.3) is 5.76 Å². The topological polar surface area (TPSA) is 53.2 Å². The molecule has 0 unspecified atom stereocenters. The Morgan fingerprint density at radius 3 is 2.39 bits per heavy atom. The maximum absolute atomic E-state index is 12.1. The number of carbonyl (C=O) groups excluding carboxylic acids is 1. The highest BCUT2D eigenvalue weighted by atomic mass is 32.2.